The molecule has 2 aromatic rings. The summed E-state index contributed by atoms with van der Waals surface area (Å²) in [4.78, 5) is 23.6. The zero-order valence-electron chi connectivity index (χ0n) is 15.5. The molecule has 0 aromatic heterocycles. The molecule has 1 atom stereocenters. The van der Waals surface area contributed by atoms with Crippen molar-refractivity contribution in [2.45, 2.75) is 26.8 Å². The predicted molar refractivity (Wildman–Crippen MR) is 103 cm³/mol. The minimum atomic E-state index is -0.304. The first-order chi connectivity index (χ1) is 12.4. The lowest BCUT2D eigenvalue weighted by atomic mass is 9.96. The maximum atomic E-state index is 12.4. The number of urea groups is 1. The van der Waals surface area contributed by atoms with Gasteiger partial charge < -0.3 is 20.7 Å². The molecular formula is C20H25N3O3. The number of hydrogen-bond acceptors (Lipinski definition) is 3. The van der Waals surface area contributed by atoms with Crippen LogP contribution in [0.15, 0.2) is 48.5 Å². The SMILES string of the molecule is COc1cc(NC(=O)NC(c2ccccc2)C(C)C)ccc1NC(C)=O. The highest BCUT2D eigenvalue weighted by Gasteiger charge is 2.18. The van der Waals surface area contributed by atoms with Gasteiger partial charge in [-0.1, -0.05) is 44.2 Å². The van der Waals surface area contributed by atoms with Crippen molar-refractivity contribution in [2.24, 2.45) is 5.92 Å². The summed E-state index contributed by atoms with van der Waals surface area (Å²) in [5, 5.41) is 8.50. The first-order valence-electron chi connectivity index (χ1n) is 8.48. The van der Waals surface area contributed by atoms with Crippen molar-refractivity contribution in [2.75, 3.05) is 17.7 Å². The summed E-state index contributed by atoms with van der Waals surface area (Å²) >= 11 is 0. The molecule has 3 amide bonds. The van der Waals surface area contributed by atoms with Crippen LogP contribution >= 0.6 is 0 Å². The fourth-order valence-corrected chi connectivity index (χ4v) is 2.67. The summed E-state index contributed by atoms with van der Waals surface area (Å²) < 4.78 is 5.27. The molecule has 0 saturated heterocycles. The highest BCUT2D eigenvalue weighted by atomic mass is 16.5. The lowest BCUT2D eigenvalue weighted by Crippen LogP contribution is -2.35. The molecule has 6 heteroatoms. The molecule has 1 unspecified atom stereocenters. The molecule has 26 heavy (non-hydrogen) atoms. The predicted octanol–water partition coefficient (Wildman–Crippen LogP) is 4.17. The van der Waals surface area contributed by atoms with E-state index in [0.29, 0.717) is 17.1 Å². The Labute approximate surface area is 153 Å². The Balaban J connectivity index is 2.10. The van der Waals surface area contributed by atoms with Crippen molar-refractivity contribution >= 4 is 23.3 Å². The van der Waals surface area contributed by atoms with E-state index >= 15 is 0 Å². The smallest absolute Gasteiger partial charge is 0.319 e. The van der Waals surface area contributed by atoms with Crippen LogP contribution in [0.1, 0.15) is 32.4 Å². The van der Waals surface area contributed by atoms with Crippen molar-refractivity contribution in [3.63, 3.8) is 0 Å². The van der Waals surface area contributed by atoms with Crippen LogP contribution in [0.25, 0.3) is 0 Å². The molecule has 3 N–H and O–H groups in total. The maximum Gasteiger partial charge on any atom is 0.319 e. The standard InChI is InChI=1S/C20H25N3O3/c1-13(2)19(15-8-6-5-7-9-15)23-20(25)22-16-10-11-17(21-14(3)24)18(12-16)26-4/h5-13,19H,1-4H3,(H,21,24)(H2,22,23,25). The van der Waals surface area contributed by atoms with Gasteiger partial charge in [0.05, 0.1) is 18.8 Å². The van der Waals surface area contributed by atoms with Crippen LogP contribution < -0.4 is 20.7 Å². The van der Waals surface area contributed by atoms with Gasteiger partial charge in [-0.05, 0) is 23.6 Å². The number of anilines is 2. The van der Waals surface area contributed by atoms with Crippen LogP contribution in [0.2, 0.25) is 0 Å². The molecule has 0 aliphatic heterocycles. The molecule has 0 aliphatic carbocycles. The molecule has 2 rings (SSSR count). The average molecular weight is 355 g/mol. The number of ether oxygens (including phenoxy) is 1. The number of nitrogens with one attached hydrogen (secondary N) is 3. The van der Waals surface area contributed by atoms with Gasteiger partial charge in [-0.2, -0.15) is 0 Å². The Morgan fingerprint density at radius 3 is 2.27 bits per heavy atom. The molecule has 0 fully saturated rings. The van der Waals surface area contributed by atoms with Crippen LogP contribution in [0.5, 0.6) is 5.75 Å². The third-order valence-electron chi connectivity index (χ3n) is 3.88. The highest BCUT2D eigenvalue weighted by molar-refractivity contribution is 5.93. The second-order valence-electron chi connectivity index (χ2n) is 6.33. The summed E-state index contributed by atoms with van der Waals surface area (Å²) in [6.07, 6.45) is 0. The van der Waals surface area contributed by atoms with E-state index in [1.807, 2.05) is 30.3 Å². The molecular weight excluding hydrogens is 330 g/mol. The zero-order valence-corrected chi connectivity index (χ0v) is 15.5. The van der Waals surface area contributed by atoms with E-state index in [-0.39, 0.29) is 23.9 Å². The van der Waals surface area contributed by atoms with Gasteiger partial charge in [0.2, 0.25) is 5.91 Å². The summed E-state index contributed by atoms with van der Waals surface area (Å²) in [7, 11) is 1.51. The summed E-state index contributed by atoms with van der Waals surface area (Å²) in [5.74, 6) is 0.519. The number of carbonyl (C=O) groups excluding carboxylic acids is 2. The minimum Gasteiger partial charge on any atom is -0.494 e. The number of amides is 3. The lowest BCUT2D eigenvalue weighted by molar-refractivity contribution is -0.114. The number of hydrogen-bond donors (Lipinski definition) is 3. The average Bonchev–Trinajstić information content (AvgIpc) is 2.61. The Morgan fingerprint density at radius 2 is 1.69 bits per heavy atom. The van der Waals surface area contributed by atoms with E-state index in [4.69, 9.17) is 4.74 Å². The first-order valence-corrected chi connectivity index (χ1v) is 8.48. The van der Waals surface area contributed by atoms with Gasteiger partial charge in [0.15, 0.2) is 0 Å². The van der Waals surface area contributed by atoms with E-state index in [1.54, 1.807) is 18.2 Å². The van der Waals surface area contributed by atoms with E-state index < -0.39 is 0 Å². The van der Waals surface area contributed by atoms with E-state index in [1.165, 1.54) is 14.0 Å². The van der Waals surface area contributed by atoms with E-state index in [0.717, 1.165) is 5.56 Å². The largest absolute Gasteiger partial charge is 0.494 e. The van der Waals surface area contributed by atoms with Crippen molar-refractivity contribution in [1.82, 2.24) is 5.32 Å². The number of carbonyl (C=O) groups is 2. The third kappa shape index (κ3) is 5.24. The molecule has 0 heterocycles. The summed E-state index contributed by atoms with van der Waals surface area (Å²) in [6.45, 7) is 5.54. The Morgan fingerprint density at radius 1 is 1.00 bits per heavy atom. The third-order valence-corrected chi connectivity index (χ3v) is 3.88. The van der Waals surface area contributed by atoms with Crippen LogP contribution in [0.3, 0.4) is 0 Å². The fourth-order valence-electron chi connectivity index (χ4n) is 2.67. The van der Waals surface area contributed by atoms with Gasteiger partial charge in [-0.25, -0.2) is 4.79 Å². The number of methoxy groups -OCH3 is 1. The van der Waals surface area contributed by atoms with E-state index in [9.17, 15) is 9.59 Å². The molecule has 0 radical (unpaired) electrons. The molecule has 2 aromatic carbocycles. The molecule has 138 valence electrons. The number of rotatable bonds is 6. The van der Waals surface area contributed by atoms with Gasteiger partial charge in [0, 0.05) is 18.7 Å². The topological polar surface area (TPSA) is 79.5 Å². The quantitative estimate of drug-likeness (QED) is 0.727. The van der Waals surface area contributed by atoms with Crippen molar-refractivity contribution in [1.29, 1.82) is 0 Å². The molecule has 0 aliphatic rings. The van der Waals surface area contributed by atoms with Gasteiger partial charge >= 0.3 is 6.03 Å². The van der Waals surface area contributed by atoms with Crippen molar-refractivity contribution < 1.29 is 14.3 Å². The van der Waals surface area contributed by atoms with Gasteiger partial charge in [-0.15, -0.1) is 0 Å². The van der Waals surface area contributed by atoms with Crippen molar-refractivity contribution in [3.05, 3.63) is 54.1 Å². The highest BCUT2D eigenvalue weighted by Crippen LogP contribution is 2.28. The van der Waals surface area contributed by atoms with Crippen LogP contribution in [-0.4, -0.2) is 19.0 Å². The maximum absolute atomic E-state index is 12.4. The molecule has 0 spiro atoms. The molecule has 0 saturated carbocycles. The summed E-state index contributed by atoms with van der Waals surface area (Å²) in [6, 6.07) is 14.5. The lowest BCUT2D eigenvalue weighted by Gasteiger charge is -2.23. The van der Waals surface area contributed by atoms with E-state index in [2.05, 4.69) is 29.8 Å². The van der Waals surface area contributed by atoms with Crippen LogP contribution in [0, 0.1) is 5.92 Å². The molecule has 0 bridgehead atoms. The Kier molecular flexibility index (Phi) is 6.60. The fraction of sp³-hybridized carbons (Fsp3) is 0.300. The van der Waals surface area contributed by atoms with Gasteiger partial charge in [0.1, 0.15) is 5.75 Å². The van der Waals surface area contributed by atoms with Crippen LogP contribution in [0.4, 0.5) is 16.2 Å². The zero-order chi connectivity index (χ0) is 19.1. The molecule has 6 nitrogen and oxygen atoms in total. The van der Waals surface area contributed by atoms with Gasteiger partial charge in [-0.3, -0.25) is 4.79 Å². The second-order valence-corrected chi connectivity index (χ2v) is 6.33. The minimum absolute atomic E-state index is 0.100. The van der Waals surface area contributed by atoms with Crippen LogP contribution in [-0.2, 0) is 4.79 Å². The van der Waals surface area contributed by atoms with Gasteiger partial charge in [0.25, 0.3) is 0 Å². The first kappa shape index (κ1) is 19.3. The monoisotopic (exact) mass is 355 g/mol. The Hall–Kier alpha value is -3.02. The number of benzene rings is 2. The second kappa shape index (κ2) is 8.89. The van der Waals surface area contributed by atoms with Crippen molar-refractivity contribution in [3.8, 4) is 5.75 Å². The Bertz CT molecular complexity index is 760. The summed E-state index contributed by atoms with van der Waals surface area (Å²) in [5.41, 5.74) is 2.18. The normalized spacial score (nSPS) is 11.6.